The average molecular weight is 465 g/mol. The van der Waals surface area contributed by atoms with Crippen LogP contribution in [0.2, 0.25) is 0 Å². The highest BCUT2D eigenvalue weighted by molar-refractivity contribution is 7.99. The van der Waals surface area contributed by atoms with Crippen LogP contribution in [0.15, 0.2) is 58.5 Å². The number of nitrogens with one attached hydrogen (secondary N) is 2. The molecule has 3 amide bonds. The molecule has 172 valence electrons. The Morgan fingerprint density at radius 1 is 1.06 bits per heavy atom. The average Bonchev–Trinajstić information content (AvgIpc) is 2.81. The summed E-state index contributed by atoms with van der Waals surface area (Å²) in [7, 11) is 0. The summed E-state index contributed by atoms with van der Waals surface area (Å²) < 4.78 is 1.59. The van der Waals surface area contributed by atoms with Gasteiger partial charge in [-0.1, -0.05) is 73.0 Å². The number of nitrogens with zero attached hydrogens (tertiary/aromatic N) is 2. The number of urea groups is 1. The van der Waals surface area contributed by atoms with E-state index < -0.39 is 11.9 Å². The van der Waals surface area contributed by atoms with Gasteiger partial charge in [0.2, 0.25) is 5.91 Å². The van der Waals surface area contributed by atoms with Gasteiger partial charge in [0, 0.05) is 6.04 Å². The van der Waals surface area contributed by atoms with E-state index in [2.05, 4.69) is 15.6 Å². The fourth-order valence-electron chi connectivity index (χ4n) is 4.03. The first-order valence-electron chi connectivity index (χ1n) is 11.3. The normalized spacial score (nSPS) is 14.2. The van der Waals surface area contributed by atoms with Crippen LogP contribution in [0.1, 0.15) is 43.2 Å². The van der Waals surface area contributed by atoms with E-state index in [1.54, 1.807) is 16.7 Å². The second-order valence-electron chi connectivity index (χ2n) is 8.43. The van der Waals surface area contributed by atoms with Gasteiger partial charge in [0.15, 0.2) is 5.16 Å². The van der Waals surface area contributed by atoms with Crippen molar-refractivity contribution >= 4 is 34.6 Å². The highest BCUT2D eigenvalue weighted by atomic mass is 32.2. The van der Waals surface area contributed by atoms with Gasteiger partial charge in [0.1, 0.15) is 0 Å². The van der Waals surface area contributed by atoms with E-state index in [9.17, 15) is 14.4 Å². The molecule has 1 fully saturated rings. The van der Waals surface area contributed by atoms with Crippen molar-refractivity contribution in [3.8, 4) is 0 Å². The minimum absolute atomic E-state index is 0.0171. The molecule has 0 spiro atoms. The number of hydrogen-bond donors (Lipinski definition) is 2. The van der Waals surface area contributed by atoms with Crippen LogP contribution in [0.3, 0.4) is 0 Å². The lowest BCUT2D eigenvalue weighted by atomic mass is 9.96. The summed E-state index contributed by atoms with van der Waals surface area (Å²) in [5.74, 6) is -0.436. The first kappa shape index (κ1) is 23.0. The molecule has 0 atom stereocenters. The Labute approximate surface area is 197 Å². The number of benzene rings is 2. The van der Waals surface area contributed by atoms with E-state index in [1.807, 2.05) is 43.3 Å². The number of aryl methyl sites for hydroxylation is 1. The van der Waals surface area contributed by atoms with E-state index in [1.165, 1.54) is 6.42 Å². The fourth-order valence-corrected chi connectivity index (χ4v) is 4.83. The van der Waals surface area contributed by atoms with E-state index in [0.717, 1.165) is 48.6 Å². The molecule has 1 heterocycles. The first-order valence-corrected chi connectivity index (χ1v) is 12.3. The van der Waals surface area contributed by atoms with Crippen LogP contribution in [0.4, 0.5) is 4.79 Å². The molecule has 0 unspecified atom stereocenters. The summed E-state index contributed by atoms with van der Waals surface area (Å²) in [6.07, 6.45) is 5.28. The summed E-state index contributed by atoms with van der Waals surface area (Å²) in [5, 5.41) is 6.26. The third-order valence-corrected chi connectivity index (χ3v) is 6.79. The van der Waals surface area contributed by atoms with Crippen molar-refractivity contribution in [3.05, 3.63) is 70.0 Å². The summed E-state index contributed by atoms with van der Waals surface area (Å²) in [5.41, 5.74) is 2.54. The van der Waals surface area contributed by atoms with Crippen molar-refractivity contribution in [3.63, 3.8) is 0 Å². The molecular weight excluding hydrogens is 436 g/mol. The van der Waals surface area contributed by atoms with E-state index in [0.29, 0.717) is 22.6 Å². The number of aromatic nitrogens is 2. The van der Waals surface area contributed by atoms with Gasteiger partial charge in [-0.2, -0.15) is 0 Å². The van der Waals surface area contributed by atoms with Crippen molar-refractivity contribution in [2.75, 3.05) is 5.75 Å². The third-order valence-electron chi connectivity index (χ3n) is 5.81. The Morgan fingerprint density at radius 3 is 2.55 bits per heavy atom. The highest BCUT2D eigenvalue weighted by Crippen LogP contribution is 2.20. The van der Waals surface area contributed by atoms with Gasteiger partial charge in [-0.05, 0) is 37.5 Å². The number of imide groups is 1. The molecule has 1 aliphatic carbocycles. The lowest BCUT2D eigenvalue weighted by Crippen LogP contribution is -2.45. The number of hydrogen-bond acceptors (Lipinski definition) is 5. The molecule has 1 aromatic heterocycles. The summed E-state index contributed by atoms with van der Waals surface area (Å²) in [4.78, 5) is 42.4. The Balaban J connectivity index is 1.48. The predicted octanol–water partition coefficient (Wildman–Crippen LogP) is 4.00. The summed E-state index contributed by atoms with van der Waals surface area (Å²) in [6, 6.07) is 14.8. The minimum atomic E-state index is -0.462. The predicted molar refractivity (Wildman–Crippen MR) is 131 cm³/mol. The fraction of sp³-hybridized carbons (Fsp3) is 0.360. The molecule has 0 aliphatic heterocycles. The molecule has 2 aromatic carbocycles. The van der Waals surface area contributed by atoms with Gasteiger partial charge < -0.3 is 5.32 Å². The number of carbonyl (C=O) groups excluding carboxylic acids is 2. The molecule has 3 aromatic rings. The molecule has 4 rings (SSSR count). The second-order valence-corrected chi connectivity index (χ2v) is 9.38. The number of para-hydroxylation sites is 1. The van der Waals surface area contributed by atoms with E-state index in [-0.39, 0.29) is 17.4 Å². The quantitative estimate of drug-likeness (QED) is 0.425. The maximum Gasteiger partial charge on any atom is 0.321 e. The van der Waals surface area contributed by atoms with Gasteiger partial charge in [0.05, 0.1) is 23.2 Å². The summed E-state index contributed by atoms with van der Waals surface area (Å²) in [6.45, 7) is 2.36. The van der Waals surface area contributed by atoms with E-state index in [4.69, 9.17) is 0 Å². The van der Waals surface area contributed by atoms with Gasteiger partial charge in [0.25, 0.3) is 5.56 Å². The molecule has 8 heteroatoms. The van der Waals surface area contributed by atoms with Crippen LogP contribution < -0.4 is 16.2 Å². The van der Waals surface area contributed by atoms with Crippen LogP contribution in [0.25, 0.3) is 10.9 Å². The zero-order valence-corrected chi connectivity index (χ0v) is 19.5. The lowest BCUT2D eigenvalue weighted by molar-refractivity contribution is -0.117. The van der Waals surface area contributed by atoms with Crippen molar-refractivity contribution in [1.82, 2.24) is 20.2 Å². The Bertz CT molecular complexity index is 1200. The van der Waals surface area contributed by atoms with Crippen molar-refractivity contribution in [2.45, 2.75) is 56.8 Å². The van der Waals surface area contributed by atoms with Crippen LogP contribution in [-0.4, -0.2) is 33.3 Å². The molecule has 1 aliphatic rings. The second kappa shape index (κ2) is 10.7. The van der Waals surface area contributed by atoms with Gasteiger partial charge in [-0.15, -0.1) is 0 Å². The Morgan fingerprint density at radius 2 is 1.79 bits per heavy atom. The monoisotopic (exact) mass is 464 g/mol. The number of amides is 3. The van der Waals surface area contributed by atoms with Crippen molar-refractivity contribution in [2.24, 2.45) is 0 Å². The van der Waals surface area contributed by atoms with Crippen LogP contribution in [0.5, 0.6) is 0 Å². The summed E-state index contributed by atoms with van der Waals surface area (Å²) >= 11 is 1.15. The number of rotatable bonds is 6. The number of thioether (sulfide) groups is 1. The molecule has 7 nitrogen and oxygen atoms in total. The van der Waals surface area contributed by atoms with Gasteiger partial charge in [-0.25, -0.2) is 9.78 Å². The first-order chi connectivity index (χ1) is 16.0. The molecule has 0 bridgehead atoms. The van der Waals surface area contributed by atoms with Gasteiger partial charge in [-0.3, -0.25) is 19.5 Å². The van der Waals surface area contributed by atoms with Crippen molar-refractivity contribution in [1.29, 1.82) is 0 Å². The standard InChI is InChI=1S/C25H28N4O3S/c1-17-11-13-18(14-12-17)15-29-23(31)20-9-5-6-10-21(20)27-25(29)33-16-22(30)28-24(32)26-19-7-3-2-4-8-19/h5-6,9-14,19H,2-4,7-8,15-16H2,1H3,(H2,26,28,30,32). The molecule has 0 radical (unpaired) electrons. The zero-order chi connectivity index (χ0) is 23.2. The molecule has 33 heavy (non-hydrogen) atoms. The smallest absolute Gasteiger partial charge is 0.321 e. The third kappa shape index (κ3) is 6.01. The highest BCUT2D eigenvalue weighted by Gasteiger charge is 2.18. The lowest BCUT2D eigenvalue weighted by Gasteiger charge is -2.22. The number of carbonyl (C=O) groups is 2. The Hall–Kier alpha value is -3.13. The minimum Gasteiger partial charge on any atom is -0.335 e. The maximum absolute atomic E-state index is 13.2. The van der Waals surface area contributed by atoms with Crippen molar-refractivity contribution < 1.29 is 9.59 Å². The largest absolute Gasteiger partial charge is 0.335 e. The molecule has 0 saturated heterocycles. The maximum atomic E-state index is 13.2. The Kier molecular flexibility index (Phi) is 7.44. The molecular formula is C25H28N4O3S. The van der Waals surface area contributed by atoms with Crippen LogP contribution >= 0.6 is 11.8 Å². The van der Waals surface area contributed by atoms with Crippen LogP contribution in [-0.2, 0) is 11.3 Å². The SMILES string of the molecule is Cc1ccc(Cn2c(SCC(=O)NC(=O)NC3CCCCC3)nc3ccccc3c2=O)cc1. The van der Waals surface area contributed by atoms with Crippen LogP contribution in [0, 0.1) is 6.92 Å². The topological polar surface area (TPSA) is 93.1 Å². The zero-order valence-electron chi connectivity index (χ0n) is 18.7. The number of fused-ring (bicyclic) bond motifs is 1. The van der Waals surface area contributed by atoms with E-state index >= 15 is 0 Å². The van der Waals surface area contributed by atoms with Gasteiger partial charge >= 0.3 is 6.03 Å². The molecule has 1 saturated carbocycles. The molecule has 2 N–H and O–H groups in total.